The number of azide groups is 1. The molecule has 0 atom stereocenters. The Balaban J connectivity index is 2.76. The van der Waals surface area contributed by atoms with Gasteiger partial charge in [0.2, 0.25) is 0 Å². The Kier molecular flexibility index (Phi) is 2.86. The van der Waals surface area contributed by atoms with Gasteiger partial charge in [0.1, 0.15) is 0 Å². The van der Waals surface area contributed by atoms with Gasteiger partial charge in [-0.15, -0.1) is 0 Å². The molecule has 0 radical (unpaired) electrons. The van der Waals surface area contributed by atoms with Crippen molar-refractivity contribution in [1.29, 1.82) is 0 Å². The zero-order valence-corrected chi connectivity index (χ0v) is 8.81. The first kappa shape index (κ1) is 11.5. The molecule has 0 aromatic heterocycles. The number of hydrogen-bond acceptors (Lipinski definition) is 5. The summed E-state index contributed by atoms with van der Waals surface area (Å²) in [4.78, 5) is 32.5. The molecule has 0 bridgehead atoms. The maximum absolute atomic E-state index is 11.7. The van der Waals surface area contributed by atoms with Gasteiger partial charge in [0.25, 0.3) is 0 Å². The molecule has 18 heavy (non-hydrogen) atoms. The Labute approximate surface area is 99.5 Å². The maximum Gasteiger partial charge on any atom is 0.356 e. The third kappa shape index (κ3) is 2.08. The quantitative estimate of drug-likeness (QED) is 0.486. The second-order valence-corrected chi connectivity index (χ2v) is 3.27. The highest BCUT2D eigenvalue weighted by molar-refractivity contribution is 5.85. The molecule has 8 nitrogen and oxygen atoms in total. The third-order valence-corrected chi connectivity index (χ3v) is 2.14. The van der Waals surface area contributed by atoms with Crippen molar-refractivity contribution >= 4 is 11.7 Å². The van der Waals surface area contributed by atoms with Gasteiger partial charge in [-0.3, -0.25) is 9.78 Å². The van der Waals surface area contributed by atoms with Crippen LogP contribution in [0.15, 0.2) is 34.4 Å². The van der Waals surface area contributed by atoms with Crippen molar-refractivity contribution in [3.05, 3.63) is 50.9 Å². The van der Waals surface area contributed by atoms with Crippen LogP contribution >= 0.6 is 0 Å². The summed E-state index contributed by atoms with van der Waals surface area (Å²) < 4.78 is 0. The minimum atomic E-state index is -1.24. The van der Waals surface area contributed by atoms with E-state index in [9.17, 15) is 9.59 Å². The maximum atomic E-state index is 11.7. The van der Waals surface area contributed by atoms with E-state index in [2.05, 4.69) is 20.0 Å². The lowest BCUT2D eigenvalue weighted by molar-refractivity contribution is 0.0690. The van der Waals surface area contributed by atoms with Gasteiger partial charge in [0.15, 0.2) is 11.1 Å². The van der Waals surface area contributed by atoms with Crippen LogP contribution in [0.2, 0.25) is 0 Å². The molecule has 8 heteroatoms. The van der Waals surface area contributed by atoms with Crippen molar-refractivity contribution in [3.8, 4) is 11.3 Å². The molecule has 1 aliphatic carbocycles. The lowest BCUT2D eigenvalue weighted by atomic mass is 10.1. The van der Waals surface area contributed by atoms with Crippen LogP contribution < -0.4 is 5.43 Å². The van der Waals surface area contributed by atoms with E-state index in [0.29, 0.717) is 0 Å². The van der Waals surface area contributed by atoms with E-state index >= 15 is 0 Å². The van der Waals surface area contributed by atoms with Gasteiger partial charge in [0, 0.05) is 16.8 Å². The number of fused-ring (bicyclic) bond motifs is 1. The summed E-state index contributed by atoms with van der Waals surface area (Å²) >= 11 is 0. The molecule has 0 aromatic carbocycles. The van der Waals surface area contributed by atoms with Crippen LogP contribution in [0.1, 0.15) is 10.5 Å². The van der Waals surface area contributed by atoms with E-state index < -0.39 is 11.4 Å². The van der Waals surface area contributed by atoms with Gasteiger partial charge in [-0.2, -0.15) is 0 Å². The summed E-state index contributed by atoms with van der Waals surface area (Å²) in [5.41, 5.74) is 8.05. The smallest absolute Gasteiger partial charge is 0.356 e. The molecule has 0 saturated carbocycles. The summed E-state index contributed by atoms with van der Waals surface area (Å²) in [6.45, 7) is 0. The second kappa shape index (κ2) is 4.48. The zero-order valence-electron chi connectivity index (χ0n) is 8.81. The van der Waals surface area contributed by atoms with Crippen LogP contribution in [0.5, 0.6) is 0 Å². The number of carboxylic acids is 1. The molecular weight excluding hydrogens is 238 g/mol. The summed E-state index contributed by atoms with van der Waals surface area (Å²) in [6, 6.07) is 2.51. The van der Waals surface area contributed by atoms with Gasteiger partial charge >= 0.3 is 5.97 Å². The number of hydrogen-bond donors (Lipinski definition) is 1. The van der Waals surface area contributed by atoms with Crippen molar-refractivity contribution in [2.45, 2.75) is 0 Å². The molecule has 0 saturated heterocycles. The SMILES string of the molecule is [N-]=[N+]=Nc1cc2ncc(C(=O)O)ncc-2c(=O)c1. The largest absolute Gasteiger partial charge is 0.476 e. The Bertz CT molecular complexity index is 708. The first-order valence-corrected chi connectivity index (χ1v) is 4.70. The van der Waals surface area contributed by atoms with Crippen molar-refractivity contribution in [3.63, 3.8) is 0 Å². The number of benzene rings is 1. The molecule has 0 aromatic rings. The highest BCUT2D eigenvalue weighted by Crippen LogP contribution is 2.19. The topological polar surface area (TPSA) is 129 Å². The molecule has 0 spiro atoms. The Morgan fingerprint density at radius 1 is 1.33 bits per heavy atom. The van der Waals surface area contributed by atoms with Crippen molar-refractivity contribution < 1.29 is 9.90 Å². The van der Waals surface area contributed by atoms with Gasteiger partial charge in [0.05, 0.1) is 17.5 Å². The van der Waals surface area contributed by atoms with E-state index in [1.165, 1.54) is 6.07 Å². The lowest BCUT2D eigenvalue weighted by Crippen LogP contribution is -2.03. The lowest BCUT2D eigenvalue weighted by Gasteiger charge is -1.97. The number of carboxylic acid groups (broad SMARTS) is 1. The molecule has 0 amide bonds. The fourth-order valence-corrected chi connectivity index (χ4v) is 1.35. The van der Waals surface area contributed by atoms with Crippen LogP contribution in [0.3, 0.4) is 0 Å². The highest BCUT2D eigenvalue weighted by Gasteiger charge is 2.10. The van der Waals surface area contributed by atoms with E-state index in [-0.39, 0.29) is 22.6 Å². The van der Waals surface area contributed by atoms with E-state index in [1.807, 2.05) is 0 Å². The van der Waals surface area contributed by atoms with Crippen LogP contribution in [0, 0.1) is 0 Å². The molecule has 1 N–H and O–H groups in total. The van der Waals surface area contributed by atoms with E-state index in [1.54, 1.807) is 0 Å². The molecule has 0 unspecified atom stereocenters. The minimum absolute atomic E-state index is 0.116. The van der Waals surface area contributed by atoms with E-state index in [0.717, 1.165) is 18.5 Å². The van der Waals surface area contributed by atoms with Crippen molar-refractivity contribution in [2.24, 2.45) is 5.11 Å². The molecule has 1 aliphatic heterocycles. The summed E-state index contributed by atoms with van der Waals surface area (Å²) in [5, 5.41) is 12.1. The fourth-order valence-electron chi connectivity index (χ4n) is 1.35. The number of nitrogens with zero attached hydrogens (tertiary/aromatic N) is 5. The van der Waals surface area contributed by atoms with E-state index in [4.69, 9.17) is 10.6 Å². The average Bonchev–Trinajstić information content (AvgIpc) is 2.52. The summed E-state index contributed by atoms with van der Waals surface area (Å²) in [6.07, 6.45) is 2.16. The molecule has 0 fully saturated rings. The van der Waals surface area contributed by atoms with Crippen molar-refractivity contribution in [2.75, 3.05) is 0 Å². The van der Waals surface area contributed by atoms with Gasteiger partial charge in [-0.1, -0.05) is 5.11 Å². The van der Waals surface area contributed by atoms with Gasteiger partial charge in [-0.25, -0.2) is 9.78 Å². The standard InChI is InChI=1S/C10H5N5O3/c11-15-14-5-1-7-6(9(16)2-5)3-12-8(4-13-7)10(17)18/h1-4H,(H,17,18). The van der Waals surface area contributed by atoms with Crippen molar-refractivity contribution in [1.82, 2.24) is 9.97 Å². The molecule has 1 heterocycles. The van der Waals surface area contributed by atoms with Crippen LogP contribution in [0.4, 0.5) is 5.69 Å². The van der Waals surface area contributed by atoms with Gasteiger partial charge < -0.3 is 5.11 Å². The predicted molar refractivity (Wildman–Crippen MR) is 60.7 cm³/mol. The van der Waals surface area contributed by atoms with Crippen LogP contribution in [-0.2, 0) is 0 Å². The summed E-state index contributed by atoms with van der Waals surface area (Å²) in [7, 11) is 0. The normalized spacial score (nSPS) is 9.78. The number of aromatic carboxylic acids is 1. The van der Waals surface area contributed by atoms with Crippen LogP contribution in [0.25, 0.3) is 21.7 Å². The number of rotatable bonds is 2. The molecule has 2 rings (SSSR count). The Hall–Kier alpha value is -2.99. The minimum Gasteiger partial charge on any atom is -0.476 e. The monoisotopic (exact) mass is 243 g/mol. The molecule has 2 aliphatic rings. The first-order valence-electron chi connectivity index (χ1n) is 4.70. The summed E-state index contributed by atoms with van der Waals surface area (Å²) in [5.74, 6) is -1.24. The zero-order chi connectivity index (χ0) is 13.1. The highest BCUT2D eigenvalue weighted by atomic mass is 16.4. The van der Waals surface area contributed by atoms with Crippen LogP contribution in [-0.4, -0.2) is 21.0 Å². The Morgan fingerprint density at radius 2 is 2.11 bits per heavy atom. The number of aromatic nitrogens is 2. The first-order chi connectivity index (χ1) is 8.61. The molecule has 88 valence electrons. The Morgan fingerprint density at radius 3 is 2.78 bits per heavy atom. The number of carbonyl (C=O) groups is 1. The second-order valence-electron chi connectivity index (χ2n) is 3.27. The predicted octanol–water partition coefficient (Wildman–Crippen LogP) is 1.58. The van der Waals surface area contributed by atoms with Gasteiger partial charge in [-0.05, 0) is 17.7 Å². The fraction of sp³-hybridized carbons (Fsp3) is 0. The third-order valence-electron chi connectivity index (χ3n) is 2.14. The average molecular weight is 243 g/mol. The molecular formula is C10H5N5O3.